The second-order valence-electron chi connectivity index (χ2n) is 3.19. The summed E-state index contributed by atoms with van der Waals surface area (Å²) in [6.07, 6.45) is 1.26. The van der Waals surface area contributed by atoms with Crippen molar-refractivity contribution in [1.82, 2.24) is 15.1 Å². The number of rotatable bonds is 3. The monoisotopic (exact) mass is 193 g/mol. The molecule has 0 fully saturated rings. The molecule has 1 aromatic heterocycles. The van der Waals surface area contributed by atoms with Gasteiger partial charge in [-0.2, -0.15) is 5.10 Å². The number of carbonyl (C=O) groups excluding carboxylic acids is 1. The number of aromatic nitrogens is 2. The molecule has 4 nitrogen and oxygen atoms in total. The van der Waals surface area contributed by atoms with Gasteiger partial charge in [0.15, 0.2) is 0 Å². The molecule has 0 spiro atoms. The van der Waals surface area contributed by atoms with Crippen LogP contribution < -0.4 is 5.32 Å². The van der Waals surface area contributed by atoms with Crippen LogP contribution in [0.25, 0.3) is 0 Å². The molecule has 76 valence electrons. The summed E-state index contributed by atoms with van der Waals surface area (Å²) in [4.78, 5) is 11.0. The van der Waals surface area contributed by atoms with Gasteiger partial charge < -0.3 is 5.32 Å². The highest BCUT2D eigenvalue weighted by atomic mass is 16.1. The lowest BCUT2D eigenvalue weighted by molar-refractivity contribution is -0.116. The summed E-state index contributed by atoms with van der Waals surface area (Å²) in [5.74, 6) is -0.160. The molecule has 14 heavy (non-hydrogen) atoms. The largest absolute Gasteiger partial charge is 0.348 e. The Labute approximate surface area is 83.6 Å². The van der Waals surface area contributed by atoms with Gasteiger partial charge in [0.05, 0.1) is 5.69 Å². The van der Waals surface area contributed by atoms with Gasteiger partial charge >= 0.3 is 0 Å². The molecule has 0 atom stereocenters. The molecule has 0 saturated carbocycles. The number of nitrogens with zero attached hydrogens (tertiary/aromatic N) is 2. The molecule has 1 aromatic rings. The van der Waals surface area contributed by atoms with Crippen LogP contribution in [0, 0.1) is 13.8 Å². The van der Waals surface area contributed by atoms with Gasteiger partial charge in [0, 0.05) is 24.8 Å². The molecule has 1 amide bonds. The van der Waals surface area contributed by atoms with E-state index in [2.05, 4.69) is 17.0 Å². The Bertz CT molecular complexity index is 366. The van der Waals surface area contributed by atoms with Crippen molar-refractivity contribution in [1.29, 1.82) is 0 Å². The molecule has 1 rings (SSSR count). The van der Waals surface area contributed by atoms with Gasteiger partial charge in [-0.05, 0) is 19.9 Å². The van der Waals surface area contributed by atoms with Gasteiger partial charge in [0.2, 0.25) is 5.91 Å². The minimum Gasteiger partial charge on any atom is -0.348 e. The predicted molar refractivity (Wildman–Crippen MR) is 54.7 cm³/mol. The Morgan fingerprint density at radius 3 is 2.71 bits per heavy atom. The van der Waals surface area contributed by atoms with E-state index >= 15 is 0 Å². The van der Waals surface area contributed by atoms with E-state index < -0.39 is 0 Å². The van der Waals surface area contributed by atoms with Crippen molar-refractivity contribution in [3.63, 3.8) is 0 Å². The second kappa shape index (κ2) is 4.09. The summed E-state index contributed by atoms with van der Waals surface area (Å²) in [6.45, 7) is 7.81. The van der Waals surface area contributed by atoms with Crippen molar-refractivity contribution in [2.45, 2.75) is 20.4 Å². The molecule has 0 aromatic carbocycles. The average Bonchev–Trinajstić information content (AvgIpc) is 2.39. The van der Waals surface area contributed by atoms with Crippen LogP contribution in [-0.4, -0.2) is 15.7 Å². The quantitative estimate of drug-likeness (QED) is 0.723. The first-order valence-corrected chi connectivity index (χ1v) is 4.45. The van der Waals surface area contributed by atoms with Gasteiger partial charge in [-0.25, -0.2) is 0 Å². The van der Waals surface area contributed by atoms with E-state index in [0.29, 0.717) is 6.54 Å². The van der Waals surface area contributed by atoms with Crippen LogP contribution in [0.1, 0.15) is 17.0 Å². The summed E-state index contributed by atoms with van der Waals surface area (Å²) in [7, 11) is 1.89. The first-order chi connectivity index (χ1) is 6.56. The van der Waals surface area contributed by atoms with Crippen LogP contribution in [0.3, 0.4) is 0 Å². The number of amides is 1. The van der Waals surface area contributed by atoms with Crippen molar-refractivity contribution >= 4 is 5.91 Å². The van der Waals surface area contributed by atoms with E-state index in [1.807, 2.05) is 25.6 Å². The topological polar surface area (TPSA) is 46.9 Å². The van der Waals surface area contributed by atoms with Crippen molar-refractivity contribution in [2.75, 3.05) is 0 Å². The third-order valence-electron chi connectivity index (χ3n) is 2.28. The van der Waals surface area contributed by atoms with Gasteiger partial charge in [0.25, 0.3) is 0 Å². The maximum Gasteiger partial charge on any atom is 0.243 e. The zero-order valence-corrected chi connectivity index (χ0v) is 8.79. The smallest absolute Gasteiger partial charge is 0.243 e. The molecule has 1 heterocycles. The molecule has 1 N–H and O–H groups in total. The highest BCUT2D eigenvalue weighted by Crippen LogP contribution is 2.10. The minimum atomic E-state index is -0.160. The fourth-order valence-electron chi connectivity index (χ4n) is 1.32. The number of nitrogens with one attached hydrogen (secondary N) is 1. The normalized spacial score (nSPS) is 9.93. The zero-order valence-electron chi connectivity index (χ0n) is 8.79. The maximum absolute atomic E-state index is 11.0. The number of aryl methyl sites for hydroxylation is 2. The van der Waals surface area contributed by atoms with Crippen molar-refractivity contribution in [3.8, 4) is 0 Å². The molecule has 0 bridgehead atoms. The van der Waals surface area contributed by atoms with Gasteiger partial charge in [-0.3, -0.25) is 9.48 Å². The Balaban J connectivity index is 2.76. The van der Waals surface area contributed by atoms with Gasteiger partial charge in [-0.15, -0.1) is 0 Å². The molecule has 4 heteroatoms. The predicted octanol–water partition coefficient (Wildman–Crippen LogP) is 0.839. The molecule has 0 aliphatic heterocycles. The fourth-order valence-corrected chi connectivity index (χ4v) is 1.32. The van der Waals surface area contributed by atoms with E-state index in [1.54, 1.807) is 0 Å². The van der Waals surface area contributed by atoms with Crippen LogP contribution in [0.5, 0.6) is 0 Å². The van der Waals surface area contributed by atoms with Crippen LogP contribution in [0.4, 0.5) is 0 Å². The number of carbonyl (C=O) groups is 1. The van der Waals surface area contributed by atoms with E-state index in [0.717, 1.165) is 17.0 Å². The highest BCUT2D eigenvalue weighted by Gasteiger charge is 2.08. The van der Waals surface area contributed by atoms with Crippen LogP contribution in [-0.2, 0) is 18.4 Å². The summed E-state index contributed by atoms with van der Waals surface area (Å²) >= 11 is 0. The first-order valence-electron chi connectivity index (χ1n) is 4.45. The number of hydrogen-bond donors (Lipinski definition) is 1. The molecular weight excluding hydrogens is 178 g/mol. The molecule has 0 unspecified atom stereocenters. The number of hydrogen-bond acceptors (Lipinski definition) is 2. The summed E-state index contributed by atoms with van der Waals surface area (Å²) in [5, 5.41) is 6.99. The van der Waals surface area contributed by atoms with Crippen LogP contribution >= 0.6 is 0 Å². The van der Waals surface area contributed by atoms with E-state index in [4.69, 9.17) is 0 Å². The minimum absolute atomic E-state index is 0.160. The highest BCUT2D eigenvalue weighted by molar-refractivity contribution is 5.86. The zero-order chi connectivity index (χ0) is 10.7. The van der Waals surface area contributed by atoms with Crippen molar-refractivity contribution in [2.24, 2.45) is 7.05 Å². The summed E-state index contributed by atoms with van der Waals surface area (Å²) in [6, 6.07) is 0. The lowest BCUT2D eigenvalue weighted by Crippen LogP contribution is -2.20. The lowest BCUT2D eigenvalue weighted by atomic mass is 10.2. The molecule has 0 aliphatic rings. The van der Waals surface area contributed by atoms with Crippen LogP contribution in [0.15, 0.2) is 12.7 Å². The average molecular weight is 193 g/mol. The lowest BCUT2D eigenvalue weighted by Gasteiger charge is -2.02. The van der Waals surface area contributed by atoms with E-state index in [9.17, 15) is 4.79 Å². The van der Waals surface area contributed by atoms with Gasteiger partial charge in [-0.1, -0.05) is 6.58 Å². The van der Waals surface area contributed by atoms with E-state index in [-0.39, 0.29) is 5.91 Å². The Morgan fingerprint density at radius 1 is 1.64 bits per heavy atom. The third kappa shape index (κ3) is 2.02. The van der Waals surface area contributed by atoms with Crippen molar-refractivity contribution in [3.05, 3.63) is 29.6 Å². The third-order valence-corrected chi connectivity index (χ3v) is 2.28. The maximum atomic E-state index is 11.0. The molecule has 0 saturated heterocycles. The molecular formula is C10H15N3O. The summed E-state index contributed by atoms with van der Waals surface area (Å²) < 4.78 is 1.81. The van der Waals surface area contributed by atoms with Crippen LogP contribution in [0.2, 0.25) is 0 Å². The SMILES string of the molecule is C=CC(=O)NCc1c(C)nn(C)c1C. The second-order valence-corrected chi connectivity index (χ2v) is 3.19. The fraction of sp³-hybridized carbons (Fsp3) is 0.400. The molecule has 0 radical (unpaired) electrons. The van der Waals surface area contributed by atoms with Crippen molar-refractivity contribution < 1.29 is 4.79 Å². The Hall–Kier alpha value is -1.58. The Kier molecular flexibility index (Phi) is 3.06. The van der Waals surface area contributed by atoms with Gasteiger partial charge in [0.1, 0.15) is 0 Å². The summed E-state index contributed by atoms with van der Waals surface area (Å²) in [5.41, 5.74) is 3.10. The molecule has 0 aliphatic carbocycles. The Morgan fingerprint density at radius 2 is 2.29 bits per heavy atom. The first kappa shape index (κ1) is 10.5. The van der Waals surface area contributed by atoms with E-state index in [1.165, 1.54) is 6.08 Å². The standard InChI is InChI=1S/C10H15N3O/c1-5-10(14)11-6-9-7(2)12-13(4)8(9)3/h5H,1,6H2,2-4H3,(H,11,14).